The SMILES string of the molecule is c1ccc2c(-c3cc4cc5sc6c7cc8sc(-c9scc%10ccccc9%10)cc8cc7sc6c5cc4s3)scc2c1. The minimum atomic E-state index is 1.34. The van der Waals surface area contributed by atoms with Gasteiger partial charge in [-0.2, -0.15) is 0 Å². The standard InChI is InChI=1S/C34H16S6/c1-3-7-21-17(5-1)15-35-31(21)29-11-19-9-27-23(13-25(19)37-29)33-34(39-27)24-14-26-20(10-28(24)40-33)12-30(38-26)32-22-8-4-2-6-18(22)16-36-32/h1-16H. The van der Waals surface area contributed by atoms with Crippen molar-refractivity contribution < 1.29 is 0 Å². The van der Waals surface area contributed by atoms with Crippen LogP contribution in [0.4, 0.5) is 0 Å². The molecule has 0 amide bonds. The fraction of sp³-hybridized carbons (Fsp3) is 0. The van der Waals surface area contributed by atoms with E-state index in [4.69, 9.17) is 0 Å². The molecule has 10 rings (SSSR count). The van der Waals surface area contributed by atoms with E-state index < -0.39 is 0 Å². The second kappa shape index (κ2) is 8.23. The van der Waals surface area contributed by atoms with Crippen LogP contribution in [0.25, 0.3) is 90.8 Å². The largest absolute Gasteiger partial charge is 0.142 e. The molecule has 40 heavy (non-hydrogen) atoms. The van der Waals surface area contributed by atoms with Gasteiger partial charge in [-0.05, 0) is 68.7 Å². The molecular weight excluding hydrogens is 601 g/mol. The molecule has 6 heteroatoms. The first kappa shape index (κ1) is 22.6. The zero-order chi connectivity index (χ0) is 25.9. The molecule has 0 bridgehead atoms. The molecule has 0 N–H and O–H groups in total. The Kier molecular flexibility index (Phi) is 4.64. The Balaban J connectivity index is 1.13. The van der Waals surface area contributed by atoms with E-state index in [1.807, 2.05) is 68.0 Å². The van der Waals surface area contributed by atoms with Crippen molar-refractivity contribution in [1.82, 2.24) is 0 Å². The fourth-order valence-corrected chi connectivity index (χ4v) is 13.1. The van der Waals surface area contributed by atoms with Crippen molar-refractivity contribution in [3.63, 3.8) is 0 Å². The Bertz CT molecular complexity index is 2430. The van der Waals surface area contributed by atoms with E-state index in [1.54, 1.807) is 0 Å². The Morgan fingerprint density at radius 3 is 1.35 bits per heavy atom. The lowest BCUT2D eigenvalue weighted by Gasteiger charge is -1.93. The van der Waals surface area contributed by atoms with Gasteiger partial charge in [0.15, 0.2) is 0 Å². The highest BCUT2D eigenvalue weighted by molar-refractivity contribution is 7.37. The van der Waals surface area contributed by atoms with Gasteiger partial charge in [-0.3, -0.25) is 0 Å². The molecule has 6 aromatic heterocycles. The monoisotopic (exact) mass is 616 g/mol. The van der Waals surface area contributed by atoms with Gasteiger partial charge in [-0.1, -0.05) is 48.5 Å². The first-order chi connectivity index (χ1) is 19.8. The molecule has 0 nitrogen and oxygen atoms in total. The molecule has 0 saturated heterocycles. The van der Waals surface area contributed by atoms with E-state index in [1.165, 1.54) is 90.8 Å². The Morgan fingerprint density at radius 2 is 0.850 bits per heavy atom. The van der Waals surface area contributed by atoms with Crippen molar-refractivity contribution in [2.45, 2.75) is 0 Å². The average molecular weight is 617 g/mol. The number of hydrogen-bond acceptors (Lipinski definition) is 6. The molecule has 10 aromatic rings. The van der Waals surface area contributed by atoms with Gasteiger partial charge in [0.25, 0.3) is 0 Å². The molecule has 0 fully saturated rings. The number of benzene rings is 4. The first-order valence-electron chi connectivity index (χ1n) is 13.0. The van der Waals surface area contributed by atoms with Crippen molar-refractivity contribution >= 4 is 139 Å². The molecule has 0 atom stereocenters. The van der Waals surface area contributed by atoms with E-state index in [0.717, 1.165) is 0 Å². The maximum absolute atomic E-state index is 2.45. The molecule has 0 unspecified atom stereocenters. The molecule has 188 valence electrons. The third kappa shape index (κ3) is 3.15. The molecule has 0 aliphatic rings. The Hall–Kier alpha value is -3.10. The van der Waals surface area contributed by atoms with Gasteiger partial charge in [0, 0.05) is 50.1 Å². The maximum Gasteiger partial charge on any atom is 0.0542 e. The number of fused-ring (bicyclic) bond motifs is 9. The Morgan fingerprint density at radius 1 is 0.375 bits per heavy atom. The third-order valence-corrected chi connectivity index (χ3v) is 14.9. The van der Waals surface area contributed by atoms with Gasteiger partial charge in [0.2, 0.25) is 0 Å². The number of rotatable bonds is 2. The van der Waals surface area contributed by atoms with Crippen molar-refractivity contribution in [2.24, 2.45) is 0 Å². The number of thiophene rings is 6. The van der Waals surface area contributed by atoms with E-state index in [-0.39, 0.29) is 0 Å². The molecule has 6 heterocycles. The highest BCUT2D eigenvalue weighted by Gasteiger charge is 2.18. The van der Waals surface area contributed by atoms with E-state index in [2.05, 4.69) is 95.7 Å². The van der Waals surface area contributed by atoms with Gasteiger partial charge in [0.05, 0.1) is 19.2 Å². The average Bonchev–Trinajstić information content (AvgIpc) is 3.80. The van der Waals surface area contributed by atoms with Gasteiger partial charge in [0.1, 0.15) is 0 Å². The minimum absolute atomic E-state index is 1.34. The van der Waals surface area contributed by atoms with E-state index in [0.29, 0.717) is 0 Å². The summed E-state index contributed by atoms with van der Waals surface area (Å²) >= 11 is 11.5. The van der Waals surface area contributed by atoms with Crippen LogP contribution < -0.4 is 0 Å². The summed E-state index contributed by atoms with van der Waals surface area (Å²) in [6.45, 7) is 0. The van der Waals surface area contributed by atoms with Crippen LogP contribution in [-0.4, -0.2) is 0 Å². The van der Waals surface area contributed by atoms with Gasteiger partial charge in [-0.25, -0.2) is 0 Å². The summed E-state index contributed by atoms with van der Waals surface area (Å²) in [7, 11) is 0. The summed E-state index contributed by atoms with van der Waals surface area (Å²) in [6.07, 6.45) is 0. The second-order valence-electron chi connectivity index (χ2n) is 10.2. The van der Waals surface area contributed by atoms with Crippen LogP contribution >= 0.6 is 68.0 Å². The van der Waals surface area contributed by atoms with E-state index in [9.17, 15) is 0 Å². The van der Waals surface area contributed by atoms with Crippen LogP contribution in [0.15, 0.2) is 95.7 Å². The van der Waals surface area contributed by atoms with Crippen LogP contribution in [0, 0.1) is 0 Å². The molecule has 0 radical (unpaired) electrons. The predicted molar refractivity (Wildman–Crippen MR) is 187 cm³/mol. The van der Waals surface area contributed by atoms with Crippen LogP contribution in [0.3, 0.4) is 0 Å². The minimum Gasteiger partial charge on any atom is -0.142 e. The lowest BCUT2D eigenvalue weighted by molar-refractivity contribution is 1.84. The van der Waals surface area contributed by atoms with Crippen molar-refractivity contribution in [2.75, 3.05) is 0 Å². The van der Waals surface area contributed by atoms with Crippen molar-refractivity contribution in [3.05, 3.63) is 95.7 Å². The zero-order valence-electron chi connectivity index (χ0n) is 20.7. The lowest BCUT2D eigenvalue weighted by Crippen LogP contribution is -1.66. The topological polar surface area (TPSA) is 0 Å². The quantitative estimate of drug-likeness (QED) is 0.181. The van der Waals surface area contributed by atoms with Crippen molar-refractivity contribution in [3.8, 4) is 19.5 Å². The highest BCUT2D eigenvalue weighted by atomic mass is 32.1. The zero-order valence-corrected chi connectivity index (χ0v) is 25.6. The third-order valence-electron chi connectivity index (χ3n) is 7.82. The predicted octanol–water partition coefficient (Wildman–Crippen LogP) is 13.5. The lowest BCUT2D eigenvalue weighted by atomic mass is 10.1. The summed E-state index contributed by atoms with van der Waals surface area (Å²) in [6, 6.07) is 32.0. The van der Waals surface area contributed by atoms with Crippen LogP contribution in [0.2, 0.25) is 0 Å². The van der Waals surface area contributed by atoms with Crippen LogP contribution in [0.1, 0.15) is 0 Å². The van der Waals surface area contributed by atoms with Gasteiger partial charge >= 0.3 is 0 Å². The highest BCUT2D eigenvalue weighted by Crippen LogP contribution is 2.50. The normalized spacial score (nSPS) is 12.5. The summed E-state index contributed by atoms with van der Waals surface area (Å²) in [5.41, 5.74) is 0. The molecule has 0 saturated carbocycles. The van der Waals surface area contributed by atoms with Crippen LogP contribution in [0.5, 0.6) is 0 Å². The summed E-state index contributed by atoms with van der Waals surface area (Å²) in [5.74, 6) is 0. The van der Waals surface area contributed by atoms with Crippen molar-refractivity contribution in [1.29, 1.82) is 0 Å². The maximum atomic E-state index is 2.45. The van der Waals surface area contributed by atoms with Gasteiger partial charge in [-0.15, -0.1) is 68.0 Å². The number of hydrogen-bond donors (Lipinski definition) is 0. The smallest absolute Gasteiger partial charge is 0.0542 e. The second-order valence-corrected chi connectivity index (χ2v) is 16.2. The molecule has 0 aliphatic heterocycles. The van der Waals surface area contributed by atoms with E-state index >= 15 is 0 Å². The fourth-order valence-electron chi connectivity index (χ4n) is 5.91. The molecular formula is C34H16S6. The first-order valence-corrected chi connectivity index (χ1v) is 18.0. The molecule has 4 aromatic carbocycles. The van der Waals surface area contributed by atoms with Gasteiger partial charge < -0.3 is 0 Å². The molecule has 0 spiro atoms. The summed E-state index contributed by atoms with van der Waals surface area (Å²) < 4.78 is 8.43. The Labute approximate surface area is 252 Å². The summed E-state index contributed by atoms with van der Waals surface area (Å²) in [5, 5.41) is 15.5. The molecule has 0 aliphatic carbocycles. The van der Waals surface area contributed by atoms with Crippen LogP contribution in [-0.2, 0) is 0 Å². The summed E-state index contributed by atoms with van der Waals surface area (Å²) in [4.78, 5) is 5.53.